The molecule has 5 nitrogen and oxygen atoms in total. The van der Waals surface area contributed by atoms with Crippen molar-refractivity contribution in [2.75, 3.05) is 13.1 Å². The molecular formula is C21H23N3O2. The molecular weight excluding hydrogens is 326 g/mol. The molecule has 1 aliphatic carbocycles. The van der Waals surface area contributed by atoms with E-state index in [4.69, 9.17) is 0 Å². The van der Waals surface area contributed by atoms with Crippen LogP contribution in [0.1, 0.15) is 46.7 Å². The van der Waals surface area contributed by atoms with Gasteiger partial charge in [0.1, 0.15) is 0 Å². The quantitative estimate of drug-likeness (QED) is 0.926. The summed E-state index contributed by atoms with van der Waals surface area (Å²) in [5, 5.41) is 3.21. The Labute approximate surface area is 153 Å². The molecule has 1 aromatic heterocycles. The van der Waals surface area contributed by atoms with Crippen molar-refractivity contribution < 1.29 is 9.59 Å². The number of nitrogens with zero attached hydrogens (tertiary/aromatic N) is 2. The van der Waals surface area contributed by atoms with E-state index in [9.17, 15) is 9.59 Å². The fourth-order valence-electron chi connectivity index (χ4n) is 4.04. The van der Waals surface area contributed by atoms with Gasteiger partial charge in [0, 0.05) is 37.1 Å². The highest BCUT2D eigenvalue weighted by molar-refractivity contribution is 5.94. The van der Waals surface area contributed by atoms with Gasteiger partial charge in [-0.2, -0.15) is 0 Å². The van der Waals surface area contributed by atoms with E-state index in [-0.39, 0.29) is 23.8 Å². The number of amides is 2. The largest absolute Gasteiger partial charge is 0.353 e. The zero-order valence-corrected chi connectivity index (χ0v) is 14.7. The lowest BCUT2D eigenvalue weighted by Gasteiger charge is -2.33. The smallest absolute Gasteiger partial charge is 0.253 e. The second-order valence-corrected chi connectivity index (χ2v) is 7.10. The summed E-state index contributed by atoms with van der Waals surface area (Å²) >= 11 is 0. The number of pyridine rings is 1. The van der Waals surface area contributed by atoms with Crippen molar-refractivity contribution >= 4 is 11.8 Å². The summed E-state index contributed by atoms with van der Waals surface area (Å²) in [5.74, 6) is 0.151. The van der Waals surface area contributed by atoms with E-state index >= 15 is 0 Å². The Bertz CT molecular complexity index is 798. The van der Waals surface area contributed by atoms with Gasteiger partial charge in [-0.25, -0.2) is 0 Å². The Hall–Kier alpha value is -2.69. The van der Waals surface area contributed by atoms with Gasteiger partial charge < -0.3 is 10.2 Å². The van der Waals surface area contributed by atoms with Crippen LogP contribution < -0.4 is 5.32 Å². The van der Waals surface area contributed by atoms with Crippen molar-refractivity contribution in [3.63, 3.8) is 0 Å². The van der Waals surface area contributed by atoms with Crippen molar-refractivity contribution in [3.8, 4) is 0 Å². The van der Waals surface area contributed by atoms with Crippen LogP contribution in [0.15, 0.2) is 48.8 Å². The van der Waals surface area contributed by atoms with Crippen LogP contribution in [-0.2, 0) is 11.2 Å². The van der Waals surface area contributed by atoms with Crippen molar-refractivity contribution in [1.82, 2.24) is 15.2 Å². The van der Waals surface area contributed by atoms with E-state index in [0.717, 1.165) is 25.7 Å². The van der Waals surface area contributed by atoms with Crippen LogP contribution in [0.4, 0.5) is 0 Å². The summed E-state index contributed by atoms with van der Waals surface area (Å²) in [5.41, 5.74) is 3.14. The lowest BCUT2D eigenvalue weighted by molar-refractivity contribution is -0.123. The van der Waals surface area contributed by atoms with Gasteiger partial charge in [-0.15, -0.1) is 0 Å². The Kier molecular flexibility index (Phi) is 4.69. The second kappa shape index (κ2) is 7.28. The summed E-state index contributed by atoms with van der Waals surface area (Å²) in [6.45, 7) is 1.35. The third-order valence-corrected chi connectivity index (χ3v) is 5.51. The molecule has 1 N–H and O–H groups in total. The number of benzene rings is 1. The number of likely N-dealkylation sites (tertiary alicyclic amines) is 1. The molecule has 1 fully saturated rings. The fourth-order valence-corrected chi connectivity index (χ4v) is 4.04. The predicted octanol–water partition coefficient (Wildman–Crippen LogP) is 2.53. The zero-order chi connectivity index (χ0) is 17.9. The highest BCUT2D eigenvalue weighted by Crippen LogP contribution is 2.33. The summed E-state index contributed by atoms with van der Waals surface area (Å²) < 4.78 is 0. The molecule has 2 aromatic rings. The third-order valence-electron chi connectivity index (χ3n) is 5.51. The molecule has 0 bridgehead atoms. The fraction of sp³-hybridized carbons (Fsp3) is 0.381. The van der Waals surface area contributed by atoms with Gasteiger partial charge in [-0.05, 0) is 48.9 Å². The van der Waals surface area contributed by atoms with Crippen molar-refractivity contribution in [2.24, 2.45) is 0 Å². The maximum atomic E-state index is 12.7. The van der Waals surface area contributed by atoms with Crippen LogP contribution in [0.25, 0.3) is 0 Å². The average molecular weight is 349 g/mol. The van der Waals surface area contributed by atoms with Gasteiger partial charge in [-0.3, -0.25) is 14.6 Å². The Morgan fingerprint density at radius 1 is 1.00 bits per heavy atom. The number of aromatic nitrogens is 1. The number of aryl methyl sites for hydroxylation is 1. The van der Waals surface area contributed by atoms with Crippen LogP contribution >= 0.6 is 0 Å². The van der Waals surface area contributed by atoms with E-state index in [0.29, 0.717) is 18.7 Å². The summed E-state index contributed by atoms with van der Waals surface area (Å²) in [4.78, 5) is 31.0. The minimum atomic E-state index is -0.0253. The van der Waals surface area contributed by atoms with Gasteiger partial charge in [-0.1, -0.05) is 24.3 Å². The van der Waals surface area contributed by atoms with Crippen molar-refractivity contribution in [3.05, 3.63) is 65.5 Å². The summed E-state index contributed by atoms with van der Waals surface area (Å²) in [6, 6.07) is 11.9. The van der Waals surface area contributed by atoms with E-state index < -0.39 is 0 Å². The van der Waals surface area contributed by atoms with Crippen molar-refractivity contribution in [2.45, 2.75) is 37.6 Å². The molecule has 0 radical (unpaired) electrons. The van der Waals surface area contributed by atoms with Gasteiger partial charge in [0.15, 0.2) is 0 Å². The first kappa shape index (κ1) is 16.8. The van der Waals surface area contributed by atoms with Crippen LogP contribution in [0, 0.1) is 0 Å². The summed E-state index contributed by atoms with van der Waals surface area (Å²) in [6.07, 6.45) is 6.75. The lowest BCUT2D eigenvalue weighted by atomic mass is 9.98. The molecule has 0 unspecified atom stereocenters. The molecule has 1 saturated heterocycles. The molecule has 2 aliphatic rings. The number of hydrogen-bond acceptors (Lipinski definition) is 3. The van der Waals surface area contributed by atoms with Gasteiger partial charge in [0.2, 0.25) is 5.91 Å². The topological polar surface area (TPSA) is 62.3 Å². The van der Waals surface area contributed by atoms with Crippen LogP contribution in [0.3, 0.4) is 0 Å². The minimum absolute atomic E-state index is 0.0253. The zero-order valence-electron chi connectivity index (χ0n) is 14.7. The molecule has 26 heavy (non-hydrogen) atoms. The van der Waals surface area contributed by atoms with Crippen LogP contribution in [-0.4, -0.2) is 40.8 Å². The molecule has 0 spiro atoms. The first-order chi connectivity index (χ1) is 12.7. The lowest BCUT2D eigenvalue weighted by Crippen LogP contribution is -2.47. The number of fused-ring (bicyclic) bond motifs is 1. The third kappa shape index (κ3) is 3.34. The standard InChI is InChI=1S/C21H23N3O2/c25-20(19-6-5-15-3-1-2-4-18(15)19)23-17-9-13-24(14-10-17)21(26)16-7-11-22-12-8-16/h1-4,7-8,11-12,17,19H,5-6,9-10,13-14H2,(H,23,25)/t19-/m1/s1. The molecule has 2 amide bonds. The van der Waals surface area contributed by atoms with Gasteiger partial charge >= 0.3 is 0 Å². The van der Waals surface area contributed by atoms with Crippen molar-refractivity contribution in [1.29, 1.82) is 0 Å². The SMILES string of the molecule is O=C(NC1CCN(C(=O)c2ccncc2)CC1)[C@@H]1CCc2ccccc21. The number of nitrogens with one attached hydrogen (secondary N) is 1. The highest BCUT2D eigenvalue weighted by atomic mass is 16.2. The van der Waals surface area contributed by atoms with Crippen LogP contribution in [0.2, 0.25) is 0 Å². The maximum absolute atomic E-state index is 12.7. The molecule has 1 aliphatic heterocycles. The molecule has 1 atom stereocenters. The van der Waals surface area contributed by atoms with E-state index in [1.54, 1.807) is 24.5 Å². The molecule has 2 heterocycles. The molecule has 0 saturated carbocycles. The predicted molar refractivity (Wildman–Crippen MR) is 98.8 cm³/mol. The molecule has 1 aromatic carbocycles. The summed E-state index contributed by atoms with van der Waals surface area (Å²) in [7, 11) is 0. The number of piperidine rings is 1. The van der Waals surface area contributed by atoms with E-state index in [1.165, 1.54) is 11.1 Å². The number of hydrogen-bond donors (Lipinski definition) is 1. The van der Waals surface area contributed by atoms with Gasteiger partial charge in [0.25, 0.3) is 5.91 Å². The highest BCUT2D eigenvalue weighted by Gasteiger charge is 2.31. The second-order valence-electron chi connectivity index (χ2n) is 7.10. The Morgan fingerprint density at radius 3 is 2.50 bits per heavy atom. The number of carbonyl (C=O) groups is 2. The number of rotatable bonds is 3. The Morgan fingerprint density at radius 2 is 1.73 bits per heavy atom. The molecule has 4 rings (SSSR count). The van der Waals surface area contributed by atoms with E-state index in [1.807, 2.05) is 17.0 Å². The normalized spacial score (nSPS) is 19.8. The molecule has 5 heteroatoms. The minimum Gasteiger partial charge on any atom is -0.353 e. The first-order valence-corrected chi connectivity index (χ1v) is 9.30. The number of carbonyl (C=O) groups excluding carboxylic acids is 2. The van der Waals surface area contributed by atoms with Gasteiger partial charge in [0.05, 0.1) is 5.92 Å². The van der Waals surface area contributed by atoms with Crippen LogP contribution in [0.5, 0.6) is 0 Å². The monoisotopic (exact) mass is 349 g/mol. The maximum Gasteiger partial charge on any atom is 0.253 e. The first-order valence-electron chi connectivity index (χ1n) is 9.30. The van der Waals surface area contributed by atoms with E-state index in [2.05, 4.69) is 22.4 Å². The molecule has 134 valence electrons. The Balaban J connectivity index is 1.32. The average Bonchev–Trinajstić information content (AvgIpc) is 3.13.